The fourth-order valence-electron chi connectivity index (χ4n) is 4.39. The van der Waals surface area contributed by atoms with Gasteiger partial charge in [-0.1, -0.05) is 0 Å². The topological polar surface area (TPSA) is 82.2 Å². The summed E-state index contributed by atoms with van der Waals surface area (Å²) in [6.45, 7) is 6.96. The number of piperidine rings is 1. The van der Waals surface area contributed by atoms with Gasteiger partial charge in [-0.15, -0.1) is 0 Å². The molecule has 1 aromatic rings. The molecular formula is C23H34N4O4. The molecule has 170 valence electrons. The number of anilines is 2. The normalized spacial score (nSPS) is 17.8. The van der Waals surface area contributed by atoms with Crippen molar-refractivity contribution in [3.63, 3.8) is 0 Å². The van der Waals surface area contributed by atoms with Crippen molar-refractivity contribution in [2.24, 2.45) is 0 Å². The predicted molar refractivity (Wildman–Crippen MR) is 121 cm³/mol. The number of nitrogens with one attached hydrogen (secondary N) is 1. The fraction of sp³-hybridized carbons (Fsp3) is 0.609. The first-order valence-electron chi connectivity index (χ1n) is 11.3. The molecule has 0 saturated carbocycles. The largest absolute Gasteiger partial charge is 0.385 e. The number of methoxy groups -OCH3 is 1. The van der Waals surface area contributed by atoms with Crippen LogP contribution in [0.4, 0.5) is 11.4 Å². The number of rotatable bonds is 9. The van der Waals surface area contributed by atoms with Crippen LogP contribution >= 0.6 is 0 Å². The molecule has 1 N–H and O–H groups in total. The molecular weight excluding hydrogens is 396 g/mol. The maximum Gasteiger partial charge on any atom is 0.253 e. The summed E-state index contributed by atoms with van der Waals surface area (Å²) in [5.41, 5.74) is 2.11. The van der Waals surface area contributed by atoms with Crippen LogP contribution in [-0.2, 0) is 14.3 Å². The summed E-state index contributed by atoms with van der Waals surface area (Å²) in [4.78, 5) is 44.3. The van der Waals surface area contributed by atoms with Crippen molar-refractivity contribution in [1.29, 1.82) is 0 Å². The number of benzene rings is 1. The quantitative estimate of drug-likeness (QED) is 0.606. The molecule has 8 nitrogen and oxygen atoms in total. The average molecular weight is 431 g/mol. The molecule has 0 spiro atoms. The smallest absolute Gasteiger partial charge is 0.253 e. The molecule has 8 heteroatoms. The Balaban J connectivity index is 1.89. The van der Waals surface area contributed by atoms with Crippen molar-refractivity contribution in [2.45, 2.75) is 45.6 Å². The minimum Gasteiger partial charge on any atom is -0.385 e. The molecule has 0 radical (unpaired) electrons. The van der Waals surface area contributed by atoms with E-state index < -0.39 is 0 Å². The lowest BCUT2D eigenvalue weighted by Gasteiger charge is -2.45. The van der Waals surface area contributed by atoms with Gasteiger partial charge >= 0.3 is 0 Å². The summed E-state index contributed by atoms with van der Waals surface area (Å²) in [5.74, 6) is -0.336. The van der Waals surface area contributed by atoms with Crippen molar-refractivity contribution >= 4 is 29.1 Å². The molecule has 2 aliphatic rings. The number of hydrogen-bond acceptors (Lipinski definition) is 5. The summed E-state index contributed by atoms with van der Waals surface area (Å²) in [5, 5.41) is 2.86. The molecule has 3 amide bonds. The van der Waals surface area contributed by atoms with E-state index in [0.29, 0.717) is 43.9 Å². The van der Waals surface area contributed by atoms with E-state index in [1.165, 1.54) is 0 Å². The zero-order valence-electron chi connectivity index (χ0n) is 18.9. The summed E-state index contributed by atoms with van der Waals surface area (Å²) in [6, 6.07) is 5.30. The van der Waals surface area contributed by atoms with Crippen LogP contribution < -0.4 is 15.1 Å². The molecule has 3 rings (SSSR count). The lowest BCUT2D eigenvalue weighted by molar-refractivity contribution is -0.125. The van der Waals surface area contributed by atoms with Gasteiger partial charge in [0.25, 0.3) is 5.91 Å². The minimum atomic E-state index is -0.244. The van der Waals surface area contributed by atoms with Crippen molar-refractivity contribution in [3.8, 4) is 0 Å². The summed E-state index contributed by atoms with van der Waals surface area (Å²) < 4.78 is 5.01. The first-order chi connectivity index (χ1) is 15.0. The number of hydrogen-bond donors (Lipinski definition) is 1. The molecule has 1 atom stereocenters. The first kappa shape index (κ1) is 23.1. The lowest BCUT2D eigenvalue weighted by atomic mass is 9.95. The molecule has 1 aromatic carbocycles. The Kier molecular flexibility index (Phi) is 7.90. The van der Waals surface area contributed by atoms with Gasteiger partial charge in [-0.05, 0) is 57.7 Å². The Labute approximate surface area is 184 Å². The summed E-state index contributed by atoms with van der Waals surface area (Å²) in [7, 11) is 1.62. The highest BCUT2D eigenvalue weighted by molar-refractivity contribution is 6.09. The molecule has 1 saturated heterocycles. The van der Waals surface area contributed by atoms with Gasteiger partial charge in [0.2, 0.25) is 11.8 Å². The monoisotopic (exact) mass is 430 g/mol. The van der Waals surface area contributed by atoms with E-state index in [1.54, 1.807) is 23.0 Å². The van der Waals surface area contributed by atoms with Crippen molar-refractivity contribution < 1.29 is 19.1 Å². The third kappa shape index (κ3) is 5.01. The van der Waals surface area contributed by atoms with Gasteiger partial charge in [0.1, 0.15) is 12.6 Å². The van der Waals surface area contributed by atoms with E-state index in [4.69, 9.17) is 4.74 Å². The van der Waals surface area contributed by atoms with Gasteiger partial charge in [0.05, 0.1) is 11.4 Å². The van der Waals surface area contributed by atoms with Gasteiger partial charge in [-0.25, -0.2) is 0 Å². The van der Waals surface area contributed by atoms with E-state index in [0.717, 1.165) is 31.5 Å². The Morgan fingerprint density at radius 2 is 1.97 bits per heavy atom. The van der Waals surface area contributed by atoms with Crippen molar-refractivity contribution in [3.05, 3.63) is 23.8 Å². The maximum atomic E-state index is 13.4. The number of carbonyl (C=O) groups is 3. The highest BCUT2D eigenvalue weighted by atomic mass is 16.5. The second-order valence-corrected chi connectivity index (χ2v) is 8.01. The summed E-state index contributed by atoms with van der Waals surface area (Å²) >= 11 is 0. The fourth-order valence-corrected chi connectivity index (χ4v) is 4.39. The van der Waals surface area contributed by atoms with Crippen LogP contribution in [0, 0.1) is 0 Å². The Hall–Kier alpha value is -2.61. The van der Waals surface area contributed by atoms with Gasteiger partial charge in [0.15, 0.2) is 0 Å². The average Bonchev–Trinajstić information content (AvgIpc) is 2.80. The zero-order valence-corrected chi connectivity index (χ0v) is 18.9. The first-order valence-corrected chi connectivity index (χ1v) is 11.3. The lowest BCUT2D eigenvalue weighted by Crippen LogP contribution is -2.57. The van der Waals surface area contributed by atoms with Crippen LogP contribution in [-0.4, -0.2) is 75.1 Å². The van der Waals surface area contributed by atoms with Gasteiger partial charge in [0, 0.05) is 45.5 Å². The highest BCUT2D eigenvalue weighted by Crippen LogP contribution is 2.40. The van der Waals surface area contributed by atoms with E-state index in [9.17, 15) is 14.4 Å². The van der Waals surface area contributed by atoms with E-state index in [-0.39, 0.29) is 30.3 Å². The standard InChI is InChI=1S/C23H34N4O4/c1-4-25(5-2)22(29)17-10-11-18-20(15-17)27(16-21(28)24-12-8-14-31-3)23(30)19-9-6-7-13-26(18)19/h10-11,15,19H,4-9,12-14,16H2,1-3H3,(H,24,28)/t19-/m0/s1. The van der Waals surface area contributed by atoms with E-state index >= 15 is 0 Å². The van der Waals surface area contributed by atoms with E-state index in [2.05, 4.69) is 10.2 Å². The van der Waals surface area contributed by atoms with Gasteiger partial charge < -0.3 is 19.9 Å². The van der Waals surface area contributed by atoms with Gasteiger partial charge in [-0.3, -0.25) is 19.3 Å². The number of carbonyl (C=O) groups excluding carboxylic acids is 3. The molecule has 2 aliphatic heterocycles. The SMILES string of the molecule is CCN(CC)C(=O)c1ccc2c(c1)N(CC(=O)NCCCOC)C(=O)[C@@H]1CCCCN21. The maximum absolute atomic E-state index is 13.4. The van der Waals surface area contributed by atoms with Gasteiger partial charge in [-0.2, -0.15) is 0 Å². The molecule has 0 aliphatic carbocycles. The van der Waals surface area contributed by atoms with Crippen LogP contribution in [0.5, 0.6) is 0 Å². The minimum absolute atomic E-state index is 0.0495. The third-order valence-corrected chi connectivity index (χ3v) is 6.08. The van der Waals surface area contributed by atoms with Crippen molar-refractivity contribution in [2.75, 3.05) is 56.2 Å². The number of nitrogens with zero attached hydrogens (tertiary/aromatic N) is 3. The predicted octanol–water partition coefficient (Wildman–Crippen LogP) is 2.03. The zero-order chi connectivity index (χ0) is 22.4. The Bertz CT molecular complexity index is 809. The molecule has 0 bridgehead atoms. The van der Waals surface area contributed by atoms with Crippen LogP contribution in [0.3, 0.4) is 0 Å². The third-order valence-electron chi connectivity index (χ3n) is 6.08. The molecule has 0 aromatic heterocycles. The molecule has 1 fully saturated rings. The second kappa shape index (κ2) is 10.6. The van der Waals surface area contributed by atoms with Crippen molar-refractivity contribution in [1.82, 2.24) is 10.2 Å². The van der Waals surface area contributed by atoms with E-state index in [1.807, 2.05) is 26.0 Å². The Morgan fingerprint density at radius 1 is 1.19 bits per heavy atom. The van der Waals surface area contributed by atoms with Crippen LogP contribution in [0.1, 0.15) is 49.9 Å². The second-order valence-electron chi connectivity index (χ2n) is 8.01. The Morgan fingerprint density at radius 3 is 2.68 bits per heavy atom. The van der Waals surface area contributed by atoms with Crippen LogP contribution in [0.2, 0.25) is 0 Å². The molecule has 31 heavy (non-hydrogen) atoms. The highest BCUT2D eigenvalue weighted by Gasteiger charge is 2.40. The van der Waals surface area contributed by atoms with Crippen LogP contribution in [0.15, 0.2) is 18.2 Å². The number of ether oxygens (including phenoxy) is 1. The van der Waals surface area contributed by atoms with Crippen LogP contribution in [0.25, 0.3) is 0 Å². The number of amides is 3. The number of fused-ring (bicyclic) bond motifs is 3. The molecule has 2 heterocycles. The summed E-state index contributed by atoms with van der Waals surface area (Å²) in [6.07, 6.45) is 3.53. The molecule has 0 unspecified atom stereocenters.